The van der Waals surface area contributed by atoms with Gasteiger partial charge in [-0.3, -0.25) is 4.79 Å². The first kappa shape index (κ1) is 14.8. The third-order valence-electron chi connectivity index (χ3n) is 2.41. The van der Waals surface area contributed by atoms with Crippen LogP contribution in [0.15, 0.2) is 24.3 Å². The van der Waals surface area contributed by atoms with Crippen LogP contribution in [0, 0.1) is 0 Å². The minimum Gasteiger partial charge on any atom is -0.492 e. The molecule has 0 heterocycles. The second-order valence-corrected chi connectivity index (χ2v) is 5.19. The van der Waals surface area contributed by atoms with Crippen molar-refractivity contribution < 1.29 is 9.53 Å². The number of rotatable bonds is 5. The molecule has 0 spiro atoms. The van der Waals surface area contributed by atoms with Crippen molar-refractivity contribution in [3.63, 3.8) is 0 Å². The van der Waals surface area contributed by atoms with Crippen molar-refractivity contribution in [1.29, 1.82) is 0 Å². The zero-order valence-electron chi connectivity index (χ0n) is 10.9. The molecule has 5 heteroatoms. The predicted octanol–water partition coefficient (Wildman–Crippen LogP) is 1.91. The smallest absolute Gasteiger partial charge is 0.241 e. The van der Waals surface area contributed by atoms with E-state index in [-0.39, 0.29) is 5.91 Å². The molecule has 100 valence electrons. The highest BCUT2D eigenvalue weighted by atomic mass is 35.5. The van der Waals surface area contributed by atoms with E-state index >= 15 is 0 Å². The van der Waals surface area contributed by atoms with Crippen LogP contribution in [0.5, 0.6) is 5.75 Å². The predicted molar refractivity (Wildman–Crippen MR) is 72.9 cm³/mol. The Bertz CT molecular complexity index is 398. The Kier molecular flexibility index (Phi) is 4.99. The molecule has 1 amide bonds. The maximum atomic E-state index is 11.8. The van der Waals surface area contributed by atoms with E-state index in [1.54, 1.807) is 50.1 Å². The number of nitrogens with two attached hydrogens (primary N) is 1. The van der Waals surface area contributed by atoms with Gasteiger partial charge in [0.15, 0.2) is 0 Å². The van der Waals surface area contributed by atoms with Crippen LogP contribution in [0.4, 0.5) is 0 Å². The molecule has 1 aromatic carbocycles. The molecule has 0 atom stereocenters. The Morgan fingerprint density at radius 3 is 2.44 bits per heavy atom. The van der Waals surface area contributed by atoms with E-state index in [4.69, 9.17) is 22.1 Å². The fraction of sp³-hybridized carbons (Fsp3) is 0.462. The summed E-state index contributed by atoms with van der Waals surface area (Å²) >= 11 is 5.77. The summed E-state index contributed by atoms with van der Waals surface area (Å²) in [4.78, 5) is 13.3. The number of carbonyl (C=O) groups is 1. The van der Waals surface area contributed by atoms with Crippen molar-refractivity contribution in [2.75, 3.05) is 20.2 Å². The summed E-state index contributed by atoms with van der Waals surface area (Å²) in [7, 11) is 1.71. The molecule has 18 heavy (non-hydrogen) atoms. The number of hydrogen-bond donors (Lipinski definition) is 1. The monoisotopic (exact) mass is 270 g/mol. The van der Waals surface area contributed by atoms with Crippen LogP contribution >= 0.6 is 11.6 Å². The van der Waals surface area contributed by atoms with Crippen molar-refractivity contribution in [3.8, 4) is 5.75 Å². The Labute approximate surface area is 113 Å². The molecule has 0 aliphatic heterocycles. The summed E-state index contributed by atoms with van der Waals surface area (Å²) < 4.78 is 5.50. The van der Waals surface area contributed by atoms with E-state index in [2.05, 4.69) is 0 Å². The lowest BCUT2D eigenvalue weighted by Crippen LogP contribution is -2.50. The average molecular weight is 271 g/mol. The molecule has 1 rings (SSSR count). The lowest BCUT2D eigenvalue weighted by atomic mass is 10.1. The van der Waals surface area contributed by atoms with Gasteiger partial charge in [0.05, 0.1) is 12.1 Å². The summed E-state index contributed by atoms with van der Waals surface area (Å²) in [5, 5.41) is 0.666. The Hall–Kier alpha value is -1.26. The van der Waals surface area contributed by atoms with Gasteiger partial charge in [0, 0.05) is 12.1 Å². The van der Waals surface area contributed by atoms with Gasteiger partial charge in [-0.05, 0) is 38.1 Å². The molecular weight excluding hydrogens is 252 g/mol. The zero-order valence-corrected chi connectivity index (χ0v) is 11.7. The lowest BCUT2D eigenvalue weighted by Gasteiger charge is -2.25. The van der Waals surface area contributed by atoms with Gasteiger partial charge in [-0.1, -0.05) is 11.6 Å². The van der Waals surface area contributed by atoms with Crippen molar-refractivity contribution in [2.45, 2.75) is 19.4 Å². The summed E-state index contributed by atoms with van der Waals surface area (Å²) in [5.41, 5.74) is 4.88. The Morgan fingerprint density at radius 1 is 1.39 bits per heavy atom. The third kappa shape index (κ3) is 4.55. The number of nitrogens with zero attached hydrogens (tertiary/aromatic N) is 1. The highest BCUT2D eigenvalue weighted by Crippen LogP contribution is 2.15. The normalized spacial score (nSPS) is 11.2. The van der Waals surface area contributed by atoms with E-state index in [9.17, 15) is 4.79 Å². The van der Waals surface area contributed by atoms with Gasteiger partial charge in [0.1, 0.15) is 12.4 Å². The lowest BCUT2D eigenvalue weighted by molar-refractivity contribution is -0.134. The number of amides is 1. The maximum absolute atomic E-state index is 11.8. The highest BCUT2D eigenvalue weighted by molar-refractivity contribution is 6.30. The molecular formula is C13H19ClN2O2. The summed E-state index contributed by atoms with van der Waals surface area (Å²) in [5.74, 6) is 0.620. The van der Waals surface area contributed by atoms with E-state index in [0.717, 1.165) is 5.75 Å². The molecule has 1 aromatic rings. The van der Waals surface area contributed by atoms with Gasteiger partial charge in [0.2, 0.25) is 5.91 Å². The molecule has 0 bridgehead atoms. The van der Waals surface area contributed by atoms with Crippen LogP contribution in [0.25, 0.3) is 0 Å². The maximum Gasteiger partial charge on any atom is 0.241 e. The third-order valence-corrected chi connectivity index (χ3v) is 2.66. The Morgan fingerprint density at radius 2 is 1.94 bits per heavy atom. The number of carbonyl (C=O) groups excluding carboxylic acids is 1. The zero-order chi connectivity index (χ0) is 13.8. The molecule has 0 aliphatic carbocycles. The van der Waals surface area contributed by atoms with Crippen molar-refractivity contribution in [1.82, 2.24) is 4.90 Å². The fourth-order valence-electron chi connectivity index (χ4n) is 1.42. The SMILES string of the molecule is CN(CCOc1ccc(Cl)cc1)C(=O)C(C)(C)N. The van der Waals surface area contributed by atoms with E-state index in [0.29, 0.717) is 18.2 Å². The number of halogens is 1. The van der Waals surface area contributed by atoms with Crippen LogP contribution in [-0.4, -0.2) is 36.5 Å². The second-order valence-electron chi connectivity index (χ2n) is 4.75. The molecule has 0 saturated heterocycles. The largest absolute Gasteiger partial charge is 0.492 e. The summed E-state index contributed by atoms with van der Waals surface area (Å²) in [6, 6.07) is 7.09. The molecule has 0 fully saturated rings. The van der Waals surface area contributed by atoms with Gasteiger partial charge in [-0.15, -0.1) is 0 Å². The van der Waals surface area contributed by atoms with Gasteiger partial charge in [-0.25, -0.2) is 0 Å². The number of benzene rings is 1. The van der Waals surface area contributed by atoms with Gasteiger partial charge < -0.3 is 15.4 Å². The van der Waals surface area contributed by atoms with Crippen molar-refractivity contribution in [2.24, 2.45) is 5.73 Å². The van der Waals surface area contributed by atoms with E-state index < -0.39 is 5.54 Å². The minimum atomic E-state index is -0.852. The van der Waals surface area contributed by atoms with Crippen LogP contribution < -0.4 is 10.5 Å². The van der Waals surface area contributed by atoms with Gasteiger partial charge in [0.25, 0.3) is 0 Å². The van der Waals surface area contributed by atoms with Gasteiger partial charge in [-0.2, -0.15) is 0 Å². The molecule has 0 unspecified atom stereocenters. The fourth-order valence-corrected chi connectivity index (χ4v) is 1.55. The van der Waals surface area contributed by atoms with E-state index in [1.807, 2.05) is 0 Å². The molecule has 2 N–H and O–H groups in total. The standard InChI is InChI=1S/C13H19ClN2O2/c1-13(2,15)12(17)16(3)8-9-18-11-6-4-10(14)5-7-11/h4-7H,8-9,15H2,1-3H3. The summed E-state index contributed by atoms with van der Waals surface area (Å²) in [6.45, 7) is 4.28. The first-order chi connectivity index (χ1) is 8.30. The summed E-state index contributed by atoms with van der Waals surface area (Å²) in [6.07, 6.45) is 0. The quantitative estimate of drug-likeness (QED) is 0.889. The van der Waals surface area contributed by atoms with Crippen molar-refractivity contribution in [3.05, 3.63) is 29.3 Å². The number of ether oxygens (including phenoxy) is 1. The van der Waals surface area contributed by atoms with Crippen LogP contribution in [0.2, 0.25) is 5.02 Å². The molecule has 0 aromatic heterocycles. The van der Waals surface area contributed by atoms with Crippen LogP contribution in [0.1, 0.15) is 13.8 Å². The van der Waals surface area contributed by atoms with Crippen LogP contribution in [0.3, 0.4) is 0 Å². The van der Waals surface area contributed by atoms with Crippen LogP contribution in [-0.2, 0) is 4.79 Å². The molecule has 0 radical (unpaired) electrons. The minimum absolute atomic E-state index is 0.109. The topological polar surface area (TPSA) is 55.6 Å². The van der Waals surface area contributed by atoms with E-state index in [1.165, 1.54) is 0 Å². The molecule has 0 aliphatic rings. The first-order valence-corrected chi connectivity index (χ1v) is 6.11. The first-order valence-electron chi connectivity index (χ1n) is 5.73. The highest BCUT2D eigenvalue weighted by Gasteiger charge is 2.25. The average Bonchev–Trinajstić information content (AvgIpc) is 2.29. The molecule has 0 saturated carbocycles. The number of hydrogen-bond acceptors (Lipinski definition) is 3. The van der Waals surface area contributed by atoms with Gasteiger partial charge >= 0.3 is 0 Å². The number of likely N-dealkylation sites (N-methyl/N-ethyl adjacent to an activating group) is 1. The second kappa shape index (κ2) is 6.07. The molecule has 4 nitrogen and oxygen atoms in total. The van der Waals surface area contributed by atoms with Crippen molar-refractivity contribution >= 4 is 17.5 Å². The Balaban J connectivity index is 2.38.